The van der Waals surface area contributed by atoms with Crippen molar-refractivity contribution in [1.82, 2.24) is 25.8 Å². The van der Waals surface area contributed by atoms with Crippen molar-refractivity contribution < 1.29 is 9.59 Å². The fraction of sp³-hybridized carbons (Fsp3) is 0.636. The zero-order valence-corrected chi connectivity index (χ0v) is 10.5. The summed E-state index contributed by atoms with van der Waals surface area (Å²) in [5.41, 5.74) is 0. The van der Waals surface area contributed by atoms with Crippen LogP contribution < -0.4 is 10.6 Å². The Labute approximate surface area is 105 Å². The molecule has 1 aromatic heterocycles. The van der Waals surface area contributed by atoms with Crippen molar-refractivity contribution in [2.75, 3.05) is 6.54 Å². The molecule has 1 heterocycles. The van der Waals surface area contributed by atoms with Crippen molar-refractivity contribution in [2.45, 2.75) is 38.6 Å². The van der Waals surface area contributed by atoms with Gasteiger partial charge in [0.1, 0.15) is 11.9 Å². The number of likely N-dealkylation sites (N-methyl/N-ethyl adjacent to an activating group) is 1. The highest BCUT2D eigenvalue weighted by Gasteiger charge is 2.28. The normalized spacial score (nSPS) is 16.1. The van der Waals surface area contributed by atoms with E-state index in [-0.39, 0.29) is 11.7 Å². The van der Waals surface area contributed by atoms with Crippen LogP contribution in [0.25, 0.3) is 0 Å². The molecule has 1 atom stereocenters. The predicted octanol–water partition coefficient (Wildman–Crippen LogP) is -0.0635. The first-order valence-electron chi connectivity index (χ1n) is 6.12. The minimum atomic E-state index is -0.597. The van der Waals surface area contributed by atoms with Crippen LogP contribution in [0.4, 0.5) is 0 Å². The predicted molar refractivity (Wildman–Crippen MR) is 64.0 cm³/mol. The second-order valence-electron chi connectivity index (χ2n) is 4.41. The second kappa shape index (κ2) is 5.16. The lowest BCUT2D eigenvalue weighted by Crippen LogP contribution is -2.45. The number of rotatable bonds is 5. The SMILES string of the molecule is CCNC(=O)C(C)NC(=O)c1n[nH]c(C2CC2)n1. The quantitative estimate of drug-likeness (QED) is 0.682. The van der Waals surface area contributed by atoms with E-state index in [4.69, 9.17) is 0 Å². The molecule has 0 saturated heterocycles. The van der Waals surface area contributed by atoms with Crippen molar-refractivity contribution in [3.05, 3.63) is 11.6 Å². The highest BCUT2D eigenvalue weighted by molar-refractivity contribution is 5.94. The van der Waals surface area contributed by atoms with Gasteiger partial charge in [-0.15, -0.1) is 5.10 Å². The monoisotopic (exact) mass is 251 g/mol. The van der Waals surface area contributed by atoms with E-state index in [9.17, 15) is 9.59 Å². The van der Waals surface area contributed by atoms with Gasteiger partial charge in [0.15, 0.2) is 0 Å². The molecule has 1 saturated carbocycles. The number of H-pyrrole nitrogens is 1. The summed E-state index contributed by atoms with van der Waals surface area (Å²) < 4.78 is 0. The minimum absolute atomic E-state index is 0.0908. The molecule has 1 unspecified atom stereocenters. The summed E-state index contributed by atoms with van der Waals surface area (Å²) in [5, 5.41) is 11.8. The van der Waals surface area contributed by atoms with E-state index in [2.05, 4.69) is 25.8 Å². The van der Waals surface area contributed by atoms with Crippen LogP contribution >= 0.6 is 0 Å². The van der Waals surface area contributed by atoms with Gasteiger partial charge in [0.2, 0.25) is 11.7 Å². The molecule has 2 amide bonds. The van der Waals surface area contributed by atoms with E-state index >= 15 is 0 Å². The number of hydrogen-bond acceptors (Lipinski definition) is 4. The number of carbonyl (C=O) groups is 2. The van der Waals surface area contributed by atoms with Crippen molar-refractivity contribution in [2.24, 2.45) is 0 Å². The third-order valence-corrected chi connectivity index (χ3v) is 2.76. The maximum Gasteiger partial charge on any atom is 0.291 e. The zero-order chi connectivity index (χ0) is 13.1. The van der Waals surface area contributed by atoms with Gasteiger partial charge < -0.3 is 10.6 Å². The summed E-state index contributed by atoms with van der Waals surface area (Å²) >= 11 is 0. The molecular weight excluding hydrogens is 234 g/mol. The molecule has 0 spiro atoms. The average Bonchev–Trinajstić information content (AvgIpc) is 3.07. The van der Waals surface area contributed by atoms with E-state index in [0.29, 0.717) is 12.5 Å². The van der Waals surface area contributed by atoms with Gasteiger partial charge >= 0.3 is 0 Å². The minimum Gasteiger partial charge on any atom is -0.355 e. The molecule has 7 heteroatoms. The van der Waals surface area contributed by atoms with Crippen LogP contribution in [0.5, 0.6) is 0 Å². The summed E-state index contributed by atoms with van der Waals surface area (Å²) in [4.78, 5) is 27.4. The number of aromatic nitrogens is 3. The van der Waals surface area contributed by atoms with Gasteiger partial charge in [-0.2, -0.15) is 0 Å². The Balaban J connectivity index is 1.91. The number of carbonyl (C=O) groups excluding carboxylic acids is 2. The third-order valence-electron chi connectivity index (χ3n) is 2.76. The lowest BCUT2D eigenvalue weighted by molar-refractivity contribution is -0.122. The van der Waals surface area contributed by atoms with Gasteiger partial charge in [-0.3, -0.25) is 14.7 Å². The summed E-state index contributed by atoms with van der Waals surface area (Å²) in [6.07, 6.45) is 2.18. The number of nitrogens with zero attached hydrogens (tertiary/aromatic N) is 2. The van der Waals surface area contributed by atoms with Crippen molar-refractivity contribution in [3.63, 3.8) is 0 Å². The number of hydrogen-bond donors (Lipinski definition) is 3. The molecule has 2 rings (SSSR count). The summed E-state index contributed by atoms with van der Waals surface area (Å²) in [6.45, 7) is 3.98. The molecule has 3 N–H and O–H groups in total. The topological polar surface area (TPSA) is 99.8 Å². The van der Waals surface area contributed by atoms with E-state index in [1.807, 2.05) is 6.92 Å². The van der Waals surface area contributed by atoms with E-state index in [1.54, 1.807) is 6.92 Å². The Kier molecular flexibility index (Phi) is 3.59. The van der Waals surface area contributed by atoms with Crippen LogP contribution in [0.15, 0.2) is 0 Å². The molecule has 0 aliphatic heterocycles. The molecular formula is C11H17N5O2. The fourth-order valence-electron chi connectivity index (χ4n) is 1.57. The molecule has 0 radical (unpaired) electrons. The van der Waals surface area contributed by atoms with Gasteiger partial charge in [0, 0.05) is 12.5 Å². The molecule has 1 aliphatic rings. The highest BCUT2D eigenvalue weighted by atomic mass is 16.2. The lowest BCUT2D eigenvalue weighted by atomic mass is 10.3. The first kappa shape index (κ1) is 12.5. The fourth-order valence-corrected chi connectivity index (χ4v) is 1.57. The second-order valence-corrected chi connectivity index (χ2v) is 4.41. The molecule has 18 heavy (non-hydrogen) atoms. The van der Waals surface area contributed by atoms with Crippen LogP contribution in [-0.4, -0.2) is 39.6 Å². The number of amides is 2. The van der Waals surface area contributed by atoms with Gasteiger partial charge in [-0.05, 0) is 26.7 Å². The Hall–Kier alpha value is -1.92. The number of nitrogens with one attached hydrogen (secondary N) is 3. The molecule has 0 aromatic carbocycles. The third kappa shape index (κ3) is 2.85. The van der Waals surface area contributed by atoms with Crippen LogP contribution in [0.1, 0.15) is 49.1 Å². The largest absolute Gasteiger partial charge is 0.355 e. The van der Waals surface area contributed by atoms with Gasteiger partial charge in [-0.1, -0.05) is 0 Å². The summed E-state index contributed by atoms with van der Waals surface area (Å²) in [5.74, 6) is 0.611. The van der Waals surface area contributed by atoms with E-state index in [1.165, 1.54) is 0 Å². The van der Waals surface area contributed by atoms with Gasteiger partial charge in [-0.25, -0.2) is 4.98 Å². The van der Waals surface area contributed by atoms with Crippen LogP contribution in [0, 0.1) is 0 Å². The Bertz CT molecular complexity index is 452. The molecule has 1 aliphatic carbocycles. The zero-order valence-electron chi connectivity index (χ0n) is 10.5. The van der Waals surface area contributed by atoms with Gasteiger partial charge in [0.05, 0.1) is 0 Å². The first-order chi connectivity index (χ1) is 8.61. The van der Waals surface area contributed by atoms with Crippen molar-refractivity contribution in [1.29, 1.82) is 0 Å². The van der Waals surface area contributed by atoms with Crippen LogP contribution in [-0.2, 0) is 4.79 Å². The summed E-state index contributed by atoms with van der Waals surface area (Å²) in [6, 6.07) is -0.597. The molecule has 1 fully saturated rings. The maximum atomic E-state index is 11.8. The van der Waals surface area contributed by atoms with E-state index < -0.39 is 11.9 Å². The lowest BCUT2D eigenvalue weighted by Gasteiger charge is -2.11. The van der Waals surface area contributed by atoms with E-state index in [0.717, 1.165) is 18.7 Å². The Morgan fingerprint density at radius 2 is 2.22 bits per heavy atom. The number of aromatic amines is 1. The van der Waals surface area contributed by atoms with Gasteiger partial charge in [0.25, 0.3) is 5.91 Å². The smallest absolute Gasteiger partial charge is 0.291 e. The molecule has 1 aromatic rings. The maximum absolute atomic E-state index is 11.8. The molecule has 7 nitrogen and oxygen atoms in total. The van der Waals surface area contributed by atoms with Crippen molar-refractivity contribution in [3.8, 4) is 0 Å². The summed E-state index contributed by atoms with van der Waals surface area (Å²) in [7, 11) is 0. The average molecular weight is 251 g/mol. The first-order valence-corrected chi connectivity index (χ1v) is 6.12. The van der Waals surface area contributed by atoms with Crippen LogP contribution in [0.3, 0.4) is 0 Å². The standard InChI is InChI=1S/C11H17N5O2/c1-3-12-10(17)6(2)13-11(18)9-14-8(15-16-9)7-4-5-7/h6-7H,3-5H2,1-2H3,(H,12,17)(H,13,18)(H,14,15,16). The Morgan fingerprint density at radius 1 is 1.50 bits per heavy atom. The van der Waals surface area contributed by atoms with Crippen LogP contribution in [0.2, 0.25) is 0 Å². The molecule has 98 valence electrons. The molecule has 0 bridgehead atoms. The van der Waals surface area contributed by atoms with Crippen molar-refractivity contribution >= 4 is 11.8 Å². The Morgan fingerprint density at radius 3 is 2.83 bits per heavy atom. The highest BCUT2D eigenvalue weighted by Crippen LogP contribution is 2.37.